The zero-order valence-corrected chi connectivity index (χ0v) is 12.8. The zero-order valence-electron chi connectivity index (χ0n) is 10.5. The van der Waals surface area contributed by atoms with E-state index in [4.69, 9.17) is 21.1 Å². The van der Waals surface area contributed by atoms with Gasteiger partial charge in [-0.25, -0.2) is 0 Å². The molecule has 19 heavy (non-hydrogen) atoms. The third-order valence-corrected chi connectivity index (χ3v) is 3.50. The van der Waals surface area contributed by atoms with Crippen LogP contribution in [0.15, 0.2) is 22.7 Å². The molecule has 0 unspecified atom stereocenters. The van der Waals surface area contributed by atoms with Gasteiger partial charge in [0.25, 0.3) is 5.91 Å². The maximum Gasteiger partial charge on any atom is 0.258 e. The average molecular weight is 349 g/mol. The highest BCUT2D eigenvalue weighted by molar-refractivity contribution is 9.10. The number of nitrogens with one attached hydrogen (secondary N) is 1. The summed E-state index contributed by atoms with van der Waals surface area (Å²) in [7, 11) is 0. The van der Waals surface area contributed by atoms with Crippen LogP contribution < -0.4 is 10.1 Å². The smallest absolute Gasteiger partial charge is 0.258 e. The standard InChI is InChI=1S/C13H15BrClNO3/c1-2-18-12-6-10(12)16-13(17)7-19-11-4-3-8(14)5-9(11)15/h3-5,10,12H,2,6-7H2,1H3,(H,16,17)/t10-,12-/m0/s1. The maximum absolute atomic E-state index is 11.7. The molecular formula is C13H15BrClNO3. The van der Waals surface area contributed by atoms with Gasteiger partial charge in [-0.05, 0) is 31.5 Å². The van der Waals surface area contributed by atoms with Crippen LogP contribution in [0, 0.1) is 0 Å². The monoisotopic (exact) mass is 347 g/mol. The van der Waals surface area contributed by atoms with Crippen LogP contribution >= 0.6 is 27.5 Å². The first-order chi connectivity index (χ1) is 9.10. The summed E-state index contributed by atoms with van der Waals surface area (Å²) in [5.41, 5.74) is 0. The largest absolute Gasteiger partial charge is 0.482 e. The molecule has 1 aliphatic rings. The van der Waals surface area contributed by atoms with Gasteiger partial charge in [0.1, 0.15) is 5.75 Å². The van der Waals surface area contributed by atoms with Crippen molar-refractivity contribution in [2.75, 3.05) is 13.2 Å². The highest BCUT2D eigenvalue weighted by Crippen LogP contribution is 2.28. The summed E-state index contributed by atoms with van der Waals surface area (Å²) in [6, 6.07) is 5.38. The van der Waals surface area contributed by atoms with Crippen LogP contribution in [0.4, 0.5) is 0 Å². The first kappa shape index (κ1) is 14.6. The number of carbonyl (C=O) groups excluding carboxylic acids is 1. The molecule has 0 aromatic heterocycles. The van der Waals surface area contributed by atoms with Crippen LogP contribution in [0.3, 0.4) is 0 Å². The first-order valence-electron chi connectivity index (χ1n) is 6.09. The van der Waals surface area contributed by atoms with Crippen LogP contribution in [-0.4, -0.2) is 31.3 Å². The molecule has 1 N–H and O–H groups in total. The molecule has 0 bridgehead atoms. The molecule has 0 radical (unpaired) electrons. The molecule has 0 heterocycles. The lowest BCUT2D eigenvalue weighted by atomic mass is 10.3. The van der Waals surface area contributed by atoms with Crippen molar-refractivity contribution < 1.29 is 14.3 Å². The summed E-state index contributed by atoms with van der Waals surface area (Å²) in [6.07, 6.45) is 1.03. The number of hydrogen-bond donors (Lipinski definition) is 1. The van der Waals surface area contributed by atoms with E-state index in [0.29, 0.717) is 17.4 Å². The van der Waals surface area contributed by atoms with E-state index in [-0.39, 0.29) is 24.7 Å². The Balaban J connectivity index is 1.75. The first-order valence-corrected chi connectivity index (χ1v) is 7.26. The fourth-order valence-electron chi connectivity index (χ4n) is 1.71. The minimum absolute atomic E-state index is 0.0449. The summed E-state index contributed by atoms with van der Waals surface area (Å²) >= 11 is 9.29. The zero-order chi connectivity index (χ0) is 13.8. The number of halogens is 2. The molecule has 1 amide bonds. The summed E-state index contributed by atoms with van der Waals surface area (Å²) in [5.74, 6) is 0.336. The van der Waals surface area contributed by atoms with E-state index in [0.717, 1.165) is 10.9 Å². The van der Waals surface area contributed by atoms with Crippen molar-refractivity contribution in [3.05, 3.63) is 27.7 Å². The molecule has 6 heteroatoms. The Morgan fingerprint density at radius 2 is 2.37 bits per heavy atom. The lowest BCUT2D eigenvalue weighted by molar-refractivity contribution is -0.123. The number of carbonyl (C=O) groups is 1. The molecule has 2 rings (SSSR count). The number of rotatable bonds is 6. The molecule has 1 fully saturated rings. The second-order valence-electron chi connectivity index (χ2n) is 4.27. The van der Waals surface area contributed by atoms with E-state index < -0.39 is 0 Å². The van der Waals surface area contributed by atoms with Crippen molar-refractivity contribution in [2.45, 2.75) is 25.5 Å². The lowest BCUT2D eigenvalue weighted by Crippen LogP contribution is -2.32. The fourth-order valence-corrected chi connectivity index (χ4v) is 2.43. The average Bonchev–Trinajstić information content (AvgIpc) is 3.06. The molecule has 1 aromatic rings. The maximum atomic E-state index is 11.7. The fraction of sp³-hybridized carbons (Fsp3) is 0.462. The predicted molar refractivity (Wildman–Crippen MR) is 76.6 cm³/mol. The van der Waals surface area contributed by atoms with E-state index in [1.54, 1.807) is 12.1 Å². The van der Waals surface area contributed by atoms with Gasteiger partial charge < -0.3 is 14.8 Å². The molecule has 104 valence electrons. The SMILES string of the molecule is CCO[C@H]1C[C@@H]1NC(=O)COc1ccc(Br)cc1Cl. The topological polar surface area (TPSA) is 47.6 Å². The highest BCUT2D eigenvalue weighted by Gasteiger charge is 2.39. The highest BCUT2D eigenvalue weighted by atomic mass is 79.9. The normalized spacial score (nSPS) is 21.0. The Hall–Kier alpha value is -0.780. The minimum Gasteiger partial charge on any atom is -0.482 e. The molecule has 1 aliphatic carbocycles. The van der Waals surface area contributed by atoms with Gasteiger partial charge in [-0.2, -0.15) is 0 Å². The molecule has 4 nitrogen and oxygen atoms in total. The van der Waals surface area contributed by atoms with Gasteiger partial charge in [0.05, 0.1) is 17.2 Å². The number of ether oxygens (including phenoxy) is 2. The van der Waals surface area contributed by atoms with Crippen LogP contribution in [0.25, 0.3) is 0 Å². The second kappa shape index (κ2) is 6.59. The molecule has 0 aliphatic heterocycles. The Morgan fingerprint density at radius 3 is 3.05 bits per heavy atom. The summed E-state index contributed by atoms with van der Waals surface area (Å²) in [4.78, 5) is 11.7. The van der Waals surface area contributed by atoms with E-state index >= 15 is 0 Å². The van der Waals surface area contributed by atoms with Gasteiger partial charge in [-0.3, -0.25) is 4.79 Å². The summed E-state index contributed by atoms with van der Waals surface area (Å²) in [5, 5.41) is 3.32. The molecule has 0 saturated heterocycles. The van der Waals surface area contributed by atoms with Crippen molar-refractivity contribution in [1.82, 2.24) is 5.32 Å². The van der Waals surface area contributed by atoms with Crippen molar-refractivity contribution in [2.24, 2.45) is 0 Å². The molecule has 1 aromatic carbocycles. The van der Waals surface area contributed by atoms with Crippen molar-refractivity contribution >= 4 is 33.4 Å². The lowest BCUT2D eigenvalue weighted by Gasteiger charge is -2.09. The van der Waals surface area contributed by atoms with Gasteiger partial charge in [0.15, 0.2) is 6.61 Å². The Bertz CT molecular complexity index is 469. The van der Waals surface area contributed by atoms with Gasteiger partial charge in [0.2, 0.25) is 0 Å². The Labute approximate surface area is 125 Å². The summed E-state index contributed by atoms with van der Waals surface area (Å²) < 4.78 is 11.6. The van der Waals surface area contributed by atoms with E-state index in [9.17, 15) is 4.79 Å². The minimum atomic E-state index is -0.161. The van der Waals surface area contributed by atoms with E-state index in [2.05, 4.69) is 21.2 Å². The predicted octanol–water partition coefficient (Wildman–Crippen LogP) is 2.77. The van der Waals surface area contributed by atoms with E-state index in [1.165, 1.54) is 0 Å². The van der Waals surface area contributed by atoms with Crippen molar-refractivity contribution in [3.8, 4) is 5.75 Å². The van der Waals surface area contributed by atoms with Crippen molar-refractivity contribution in [1.29, 1.82) is 0 Å². The van der Waals surface area contributed by atoms with Gasteiger partial charge >= 0.3 is 0 Å². The van der Waals surface area contributed by atoms with E-state index in [1.807, 2.05) is 13.0 Å². The number of amides is 1. The van der Waals surface area contributed by atoms with Gasteiger partial charge in [0, 0.05) is 11.1 Å². The molecule has 2 atom stereocenters. The number of hydrogen-bond acceptors (Lipinski definition) is 3. The third-order valence-electron chi connectivity index (χ3n) is 2.71. The van der Waals surface area contributed by atoms with Gasteiger partial charge in [-0.1, -0.05) is 27.5 Å². The molecule has 0 spiro atoms. The Morgan fingerprint density at radius 1 is 1.58 bits per heavy atom. The quantitative estimate of drug-likeness (QED) is 0.860. The van der Waals surface area contributed by atoms with Crippen molar-refractivity contribution in [3.63, 3.8) is 0 Å². The van der Waals surface area contributed by atoms with Crippen LogP contribution in [-0.2, 0) is 9.53 Å². The third kappa shape index (κ3) is 4.37. The Kier molecular flexibility index (Phi) is 5.07. The second-order valence-corrected chi connectivity index (χ2v) is 5.59. The van der Waals surface area contributed by atoms with Crippen LogP contribution in [0.2, 0.25) is 5.02 Å². The molecular weight excluding hydrogens is 334 g/mol. The number of benzene rings is 1. The van der Waals surface area contributed by atoms with Gasteiger partial charge in [-0.15, -0.1) is 0 Å². The summed E-state index contributed by atoms with van der Waals surface area (Å²) in [6.45, 7) is 2.56. The molecule has 1 saturated carbocycles. The van der Waals surface area contributed by atoms with Crippen LogP contribution in [0.1, 0.15) is 13.3 Å². The van der Waals surface area contributed by atoms with Crippen LogP contribution in [0.5, 0.6) is 5.75 Å².